The fourth-order valence-electron chi connectivity index (χ4n) is 2.82. The lowest BCUT2D eigenvalue weighted by Gasteiger charge is -2.20. The SMILES string of the molecule is C=Cc1cccc(P(c2cccc(C=C)c2)c2cccc(C=C)c2)c1. The zero-order chi connectivity index (χ0) is 17.6. The Morgan fingerprint density at radius 1 is 0.520 bits per heavy atom. The molecule has 3 aromatic rings. The van der Waals surface area contributed by atoms with Gasteiger partial charge in [0.15, 0.2) is 0 Å². The minimum atomic E-state index is -0.655. The van der Waals surface area contributed by atoms with Gasteiger partial charge in [0.25, 0.3) is 0 Å². The van der Waals surface area contributed by atoms with E-state index in [0.717, 1.165) is 16.7 Å². The average molecular weight is 340 g/mol. The molecule has 0 amide bonds. The molecule has 0 nitrogen and oxygen atoms in total. The smallest absolute Gasteiger partial charge is 0.0134 e. The molecular weight excluding hydrogens is 319 g/mol. The van der Waals surface area contributed by atoms with Crippen LogP contribution in [0, 0.1) is 0 Å². The second kappa shape index (κ2) is 7.92. The van der Waals surface area contributed by atoms with Crippen molar-refractivity contribution in [3.05, 3.63) is 109 Å². The summed E-state index contributed by atoms with van der Waals surface area (Å²) in [6.07, 6.45) is 5.70. The minimum absolute atomic E-state index is 0.655. The van der Waals surface area contributed by atoms with Crippen molar-refractivity contribution in [2.75, 3.05) is 0 Å². The summed E-state index contributed by atoms with van der Waals surface area (Å²) in [4.78, 5) is 0. The van der Waals surface area contributed by atoms with Crippen LogP contribution in [0.15, 0.2) is 92.5 Å². The van der Waals surface area contributed by atoms with Crippen molar-refractivity contribution in [3.8, 4) is 0 Å². The van der Waals surface area contributed by atoms with Gasteiger partial charge >= 0.3 is 0 Å². The van der Waals surface area contributed by atoms with Gasteiger partial charge in [0, 0.05) is 0 Å². The van der Waals surface area contributed by atoms with Gasteiger partial charge in [0.1, 0.15) is 0 Å². The van der Waals surface area contributed by atoms with E-state index in [0.29, 0.717) is 0 Å². The molecule has 0 heterocycles. The lowest BCUT2D eigenvalue weighted by Crippen LogP contribution is -2.21. The monoisotopic (exact) mass is 340 g/mol. The fourth-order valence-corrected chi connectivity index (χ4v) is 5.25. The Labute approximate surface area is 151 Å². The van der Waals surface area contributed by atoms with Gasteiger partial charge in [-0.2, -0.15) is 0 Å². The molecule has 0 bridgehead atoms. The van der Waals surface area contributed by atoms with E-state index in [2.05, 4.69) is 92.5 Å². The van der Waals surface area contributed by atoms with Crippen LogP contribution in [0.4, 0.5) is 0 Å². The second-order valence-corrected chi connectivity index (χ2v) is 7.95. The van der Waals surface area contributed by atoms with Gasteiger partial charge in [-0.25, -0.2) is 0 Å². The standard InChI is InChI=1S/C24H21P/c1-4-19-10-7-13-22(16-19)25(23-14-8-11-20(5-2)17-23)24-15-9-12-21(6-3)18-24/h4-18H,1-3H2. The summed E-state index contributed by atoms with van der Waals surface area (Å²) < 4.78 is 0. The van der Waals surface area contributed by atoms with Crippen molar-refractivity contribution < 1.29 is 0 Å². The summed E-state index contributed by atoms with van der Waals surface area (Å²) in [5.74, 6) is 0. The maximum absolute atomic E-state index is 3.91. The Morgan fingerprint density at radius 2 is 0.840 bits per heavy atom. The average Bonchev–Trinajstić information content (AvgIpc) is 2.68. The minimum Gasteiger partial charge on any atom is -0.0985 e. The predicted molar refractivity (Wildman–Crippen MR) is 115 cm³/mol. The van der Waals surface area contributed by atoms with Crippen LogP contribution >= 0.6 is 7.92 Å². The van der Waals surface area contributed by atoms with Crippen molar-refractivity contribution in [3.63, 3.8) is 0 Å². The van der Waals surface area contributed by atoms with Gasteiger partial charge in [0.05, 0.1) is 0 Å². The molecule has 0 unspecified atom stereocenters. The van der Waals surface area contributed by atoms with Crippen LogP contribution in [0.5, 0.6) is 0 Å². The first-order chi connectivity index (χ1) is 12.2. The highest BCUT2D eigenvalue weighted by Crippen LogP contribution is 2.33. The normalized spacial score (nSPS) is 10.4. The highest BCUT2D eigenvalue weighted by molar-refractivity contribution is 7.79. The van der Waals surface area contributed by atoms with Crippen molar-refractivity contribution in [2.45, 2.75) is 0 Å². The third kappa shape index (κ3) is 3.87. The molecule has 25 heavy (non-hydrogen) atoms. The van der Waals surface area contributed by atoms with E-state index >= 15 is 0 Å². The Hall–Kier alpha value is -2.69. The van der Waals surface area contributed by atoms with Crippen LogP contribution in [-0.4, -0.2) is 0 Å². The van der Waals surface area contributed by atoms with Crippen LogP contribution in [0.3, 0.4) is 0 Å². The van der Waals surface area contributed by atoms with Crippen LogP contribution in [0.2, 0.25) is 0 Å². The second-order valence-electron chi connectivity index (χ2n) is 5.73. The Kier molecular flexibility index (Phi) is 5.43. The van der Waals surface area contributed by atoms with Crippen LogP contribution in [0.25, 0.3) is 18.2 Å². The molecule has 0 N–H and O–H groups in total. The van der Waals surface area contributed by atoms with E-state index in [1.807, 2.05) is 18.2 Å². The van der Waals surface area contributed by atoms with Crippen LogP contribution in [0.1, 0.15) is 16.7 Å². The first-order valence-corrected chi connectivity index (χ1v) is 9.57. The number of hydrogen-bond acceptors (Lipinski definition) is 0. The van der Waals surface area contributed by atoms with Gasteiger partial charge in [0.2, 0.25) is 0 Å². The maximum Gasteiger partial charge on any atom is -0.0134 e. The highest BCUT2D eigenvalue weighted by atomic mass is 31.1. The van der Waals surface area contributed by atoms with Gasteiger partial charge in [-0.05, 0) is 58.7 Å². The first kappa shape index (κ1) is 17.1. The molecule has 0 aliphatic rings. The van der Waals surface area contributed by atoms with E-state index in [1.165, 1.54) is 15.9 Å². The molecule has 1 heteroatoms. The summed E-state index contributed by atoms with van der Waals surface area (Å²) in [7, 11) is -0.655. The van der Waals surface area contributed by atoms with E-state index in [4.69, 9.17) is 0 Å². The number of hydrogen-bond donors (Lipinski definition) is 0. The van der Waals surface area contributed by atoms with E-state index in [-0.39, 0.29) is 0 Å². The summed E-state index contributed by atoms with van der Waals surface area (Å²) in [6.45, 7) is 11.7. The fraction of sp³-hybridized carbons (Fsp3) is 0. The highest BCUT2D eigenvalue weighted by Gasteiger charge is 2.17. The van der Waals surface area contributed by atoms with Gasteiger partial charge < -0.3 is 0 Å². The lowest BCUT2D eigenvalue weighted by molar-refractivity contribution is 1.68. The molecule has 0 radical (unpaired) electrons. The molecule has 3 aromatic carbocycles. The van der Waals surface area contributed by atoms with Gasteiger partial charge in [-0.15, -0.1) is 0 Å². The van der Waals surface area contributed by atoms with Crippen molar-refractivity contribution in [2.24, 2.45) is 0 Å². The lowest BCUT2D eigenvalue weighted by atomic mass is 10.2. The number of benzene rings is 3. The summed E-state index contributed by atoms with van der Waals surface area (Å²) in [5, 5.41) is 3.94. The molecule has 0 aliphatic carbocycles. The number of rotatable bonds is 6. The zero-order valence-electron chi connectivity index (χ0n) is 14.2. The van der Waals surface area contributed by atoms with Crippen molar-refractivity contribution in [1.82, 2.24) is 0 Å². The molecule has 0 saturated heterocycles. The summed E-state index contributed by atoms with van der Waals surface area (Å²) in [5.41, 5.74) is 3.43. The molecule has 122 valence electrons. The molecule has 0 fully saturated rings. The Morgan fingerprint density at radius 3 is 1.12 bits per heavy atom. The van der Waals surface area contributed by atoms with Gasteiger partial charge in [-0.1, -0.05) is 92.6 Å². The van der Waals surface area contributed by atoms with E-state index in [1.54, 1.807) is 0 Å². The topological polar surface area (TPSA) is 0 Å². The third-order valence-corrected chi connectivity index (χ3v) is 6.48. The Balaban J connectivity index is 2.20. The summed E-state index contributed by atoms with van der Waals surface area (Å²) >= 11 is 0. The van der Waals surface area contributed by atoms with E-state index < -0.39 is 7.92 Å². The molecule has 0 spiro atoms. The first-order valence-electron chi connectivity index (χ1n) is 8.23. The molecule has 3 rings (SSSR count). The van der Waals surface area contributed by atoms with Gasteiger partial charge in [-0.3, -0.25) is 0 Å². The zero-order valence-corrected chi connectivity index (χ0v) is 15.1. The van der Waals surface area contributed by atoms with Crippen LogP contribution in [-0.2, 0) is 0 Å². The molecule has 0 aliphatic heterocycles. The molecular formula is C24H21P. The third-order valence-electron chi connectivity index (χ3n) is 4.09. The van der Waals surface area contributed by atoms with Crippen molar-refractivity contribution in [1.29, 1.82) is 0 Å². The van der Waals surface area contributed by atoms with Crippen LogP contribution < -0.4 is 15.9 Å². The van der Waals surface area contributed by atoms with E-state index in [9.17, 15) is 0 Å². The van der Waals surface area contributed by atoms with Crippen molar-refractivity contribution >= 4 is 42.1 Å². The maximum atomic E-state index is 3.91. The largest absolute Gasteiger partial charge is 0.0985 e. The quantitative estimate of drug-likeness (QED) is 0.529. The molecule has 0 saturated carbocycles. The molecule has 0 aromatic heterocycles. The molecule has 0 atom stereocenters. The predicted octanol–water partition coefficient (Wildman–Crippen LogP) is 5.37. The Bertz CT molecular complexity index is 798. The summed E-state index contributed by atoms with van der Waals surface area (Å²) in [6, 6.07) is 25.9.